The molecule has 7 rings (SSSR count). The summed E-state index contributed by atoms with van der Waals surface area (Å²) in [6, 6.07) is 8.63. The number of phenols is 1. The molecule has 3 fully saturated rings. The van der Waals surface area contributed by atoms with Crippen molar-refractivity contribution in [1.82, 2.24) is 9.80 Å². The number of ether oxygens (including phenoxy) is 2. The van der Waals surface area contributed by atoms with Crippen molar-refractivity contribution < 1.29 is 37.7 Å². The molecule has 3 aliphatic carbocycles. The van der Waals surface area contributed by atoms with Crippen LogP contribution in [0.25, 0.3) is 6.08 Å². The SMILES string of the molecule is CN(C(=O)C=Cc1cccc(OC(F)(F)F)c1)[C@@H]1C[C@@H]2Oc3c(O)ccc4c3[C@@]23CCN(CC2CC2)[C@H](C4)[C@]3(O)C1. The molecule has 1 saturated heterocycles. The maximum Gasteiger partial charge on any atom is 0.573 e. The van der Waals surface area contributed by atoms with Gasteiger partial charge in [0.2, 0.25) is 5.91 Å². The highest BCUT2D eigenvalue weighted by Gasteiger charge is 2.72. The van der Waals surface area contributed by atoms with E-state index in [1.165, 1.54) is 43.2 Å². The van der Waals surface area contributed by atoms with Crippen molar-refractivity contribution in [2.24, 2.45) is 5.92 Å². The number of hydrogen-bond donors (Lipinski definition) is 2. The van der Waals surface area contributed by atoms with Gasteiger partial charge in [0.05, 0.1) is 11.0 Å². The van der Waals surface area contributed by atoms with Crippen molar-refractivity contribution in [3.8, 4) is 17.2 Å². The van der Waals surface area contributed by atoms with Crippen molar-refractivity contribution >= 4 is 12.0 Å². The second-order valence-corrected chi connectivity index (χ2v) is 12.4. The van der Waals surface area contributed by atoms with Crippen LogP contribution in [-0.4, -0.2) is 76.2 Å². The maximum absolute atomic E-state index is 13.3. The lowest BCUT2D eigenvalue weighted by atomic mass is 9.48. The number of benzene rings is 2. The highest BCUT2D eigenvalue weighted by Crippen LogP contribution is 2.65. The van der Waals surface area contributed by atoms with Crippen molar-refractivity contribution in [1.29, 1.82) is 0 Å². The predicted molar refractivity (Wildman–Crippen MR) is 144 cm³/mol. The van der Waals surface area contributed by atoms with Gasteiger partial charge in [0.1, 0.15) is 11.9 Å². The van der Waals surface area contributed by atoms with E-state index in [2.05, 4.69) is 9.64 Å². The molecule has 2 bridgehead atoms. The molecular formula is C31H33F3N2O5. The average molecular weight is 571 g/mol. The van der Waals surface area contributed by atoms with Crippen LogP contribution in [-0.2, 0) is 16.6 Å². The minimum atomic E-state index is -4.80. The smallest absolute Gasteiger partial charge is 0.504 e. The Morgan fingerprint density at radius 2 is 2.07 bits per heavy atom. The molecule has 2 saturated carbocycles. The third-order valence-electron chi connectivity index (χ3n) is 10.1. The highest BCUT2D eigenvalue weighted by molar-refractivity contribution is 5.92. The van der Waals surface area contributed by atoms with E-state index in [1.807, 2.05) is 6.07 Å². The van der Waals surface area contributed by atoms with Crippen LogP contribution in [0, 0.1) is 5.92 Å². The number of likely N-dealkylation sites (N-methyl/N-ethyl adjacent to an activating group) is 1. The topological polar surface area (TPSA) is 82.5 Å². The summed E-state index contributed by atoms with van der Waals surface area (Å²) < 4.78 is 48.3. The van der Waals surface area contributed by atoms with E-state index in [0.29, 0.717) is 36.5 Å². The number of nitrogens with zero attached hydrogens (tertiary/aromatic N) is 2. The number of rotatable bonds is 6. The van der Waals surface area contributed by atoms with Gasteiger partial charge in [-0.25, -0.2) is 0 Å². The van der Waals surface area contributed by atoms with Gasteiger partial charge in [-0.2, -0.15) is 0 Å². The van der Waals surface area contributed by atoms with Crippen LogP contribution in [0.2, 0.25) is 0 Å². The molecule has 2 heterocycles. The summed E-state index contributed by atoms with van der Waals surface area (Å²) in [5.41, 5.74) is 0.666. The average Bonchev–Trinajstić information content (AvgIpc) is 3.66. The summed E-state index contributed by atoms with van der Waals surface area (Å²) in [4.78, 5) is 17.4. The Morgan fingerprint density at radius 1 is 1.27 bits per heavy atom. The van der Waals surface area contributed by atoms with Crippen molar-refractivity contribution in [2.75, 3.05) is 20.1 Å². The number of aliphatic hydroxyl groups is 1. The van der Waals surface area contributed by atoms with Crippen molar-refractivity contribution in [3.63, 3.8) is 0 Å². The minimum Gasteiger partial charge on any atom is -0.504 e. The molecule has 41 heavy (non-hydrogen) atoms. The number of alkyl halides is 3. The quantitative estimate of drug-likeness (QED) is 0.502. The van der Waals surface area contributed by atoms with Gasteiger partial charge in [-0.15, -0.1) is 13.2 Å². The van der Waals surface area contributed by atoms with Gasteiger partial charge in [0, 0.05) is 43.7 Å². The van der Waals surface area contributed by atoms with Crippen LogP contribution in [0.15, 0.2) is 42.5 Å². The Bertz CT molecular complexity index is 1420. The molecule has 218 valence electrons. The molecule has 0 unspecified atom stereocenters. The molecule has 2 N–H and O–H groups in total. The standard InChI is InChI=1S/C31H33F3N2O5/c1-35(26(38)10-7-18-3-2-4-22(13-18)41-31(32,33)34)21-15-25-29-11-12-36(17-19-5-6-19)24(30(29,39)16-21)14-20-8-9-23(37)28(40-25)27(20)29/h2-4,7-10,13,19,21,24-25,37,39H,5-6,11-12,14-17H2,1H3/t21-,24-,25+,29-,30-/m1/s1. The number of carbonyl (C=O) groups is 1. The minimum absolute atomic E-state index is 0.0781. The largest absolute Gasteiger partial charge is 0.573 e. The first-order valence-electron chi connectivity index (χ1n) is 14.3. The molecule has 2 aliphatic heterocycles. The van der Waals surface area contributed by atoms with Gasteiger partial charge in [-0.05, 0) is 80.0 Å². The zero-order chi connectivity index (χ0) is 28.7. The number of piperidine rings is 1. The normalized spacial score (nSPS) is 32.0. The van der Waals surface area contributed by atoms with Gasteiger partial charge in [0.25, 0.3) is 0 Å². The summed E-state index contributed by atoms with van der Waals surface area (Å²) in [6.45, 7) is 1.81. The van der Waals surface area contributed by atoms with E-state index in [0.717, 1.165) is 30.6 Å². The number of aromatic hydroxyl groups is 1. The fraction of sp³-hybridized carbons (Fsp3) is 0.516. The van der Waals surface area contributed by atoms with Crippen LogP contribution in [0.3, 0.4) is 0 Å². The van der Waals surface area contributed by atoms with Crippen LogP contribution < -0.4 is 9.47 Å². The lowest BCUT2D eigenvalue weighted by molar-refractivity contribution is -0.274. The number of hydrogen-bond acceptors (Lipinski definition) is 6. The Morgan fingerprint density at radius 3 is 2.83 bits per heavy atom. The summed E-state index contributed by atoms with van der Waals surface area (Å²) in [6.07, 6.45) is 2.27. The molecule has 7 nitrogen and oxygen atoms in total. The molecule has 0 radical (unpaired) electrons. The number of halogens is 3. The molecule has 5 aliphatic rings. The lowest BCUT2D eigenvalue weighted by Gasteiger charge is -2.64. The van der Waals surface area contributed by atoms with Gasteiger partial charge >= 0.3 is 6.36 Å². The van der Waals surface area contributed by atoms with Crippen LogP contribution in [0.5, 0.6) is 17.2 Å². The Balaban J connectivity index is 1.17. The third-order valence-corrected chi connectivity index (χ3v) is 10.1. The first-order valence-corrected chi connectivity index (χ1v) is 14.3. The molecule has 1 amide bonds. The zero-order valence-electron chi connectivity index (χ0n) is 22.7. The predicted octanol–water partition coefficient (Wildman–Crippen LogP) is 4.40. The second-order valence-electron chi connectivity index (χ2n) is 12.4. The number of carbonyl (C=O) groups excluding carboxylic acids is 1. The molecule has 5 atom stereocenters. The molecule has 2 aromatic carbocycles. The van der Waals surface area contributed by atoms with E-state index in [-0.39, 0.29) is 29.5 Å². The summed E-state index contributed by atoms with van der Waals surface area (Å²) in [5.74, 6) is 0.519. The van der Waals surface area contributed by atoms with E-state index in [4.69, 9.17) is 4.74 Å². The van der Waals surface area contributed by atoms with E-state index in [9.17, 15) is 28.2 Å². The highest BCUT2D eigenvalue weighted by atomic mass is 19.4. The van der Waals surface area contributed by atoms with Crippen molar-refractivity contribution in [2.45, 2.75) is 74.1 Å². The third kappa shape index (κ3) is 4.21. The Labute approximate surface area is 236 Å². The summed E-state index contributed by atoms with van der Waals surface area (Å²) in [5, 5.41) is 23.5. The number of amides is 1. The molecule has 10 heteroatoms. The first kappa shape index (κ1) is 26.6. The van der Waals surface area contributed by atoms with Gasteiger partial charge < -0.3 is 24.6 Å². The number of phenolic OH excluding ortho intramolecular Hbond substituents is 1. The van der Waals surface area contributed by atoms with E-state index < -0.39 is 23.5 Å². The van der Waals surface area contributed by atoms with Crippen LogP contribution in [0.1, 0.15) is 48.8 Å². The lowest BCUT2D eigenvalue weighted by Crippen LogP contribution is -2.77. The second kappa shape index (κ2) is 9.13. The van der Waals surface area contributed by atoms with Crippen LogP contribution in [0.4, 0.5) is 13.2 Å². The van der Waals surface area contributed by atoms with Gasteiger partial charge in [-0.3, -0.25) is 9.69 Å². The molecule has 2 aromatic rings. The summed E-state index contributed by atoms with van der Waals surface area (Å²) >= 11 is 0. The fourth-order valence-electron chi connectivity index (χ4n) is 8.06. The Hall–Kier alpha value is -3.24. The summed E-state index contributed by atoms with van der Waals surface area (Å²) in [7, 11) is 1.69. The first-order chi connectivity index (χ1) is 19.5. The maximum atomic E-state index is 13.3. The number of likely N-dealkylation sites (tertiary alicyclic amines) is 1. The monoisotopic (exact) mass is 570 g/mol. The van der Waals surface area contributed by atoms with Gasteiger partial charge in [-0.1, -0.05) is 18.2 Å². The van der Waals surface area contributed by atoms with Crippen molar-refractivity contribution in [3.05, 3.63) is 59.2 Å². The van der Waals surface area contributed by atoms with Gasteiger partial charge in [0.15, 0.2) is 11.5 Å². The molecule has 1 spiro atoms. The van der Waals surface area contributed by atoms with E-state index >= 15 is 0 Å². The molecule has 0 aromatic heterocycles. The molecular weight excluding hydrogens is 537 g/mol. The fourth-order valence-corrected chi connectivity index (χ4v) is 8.06. The Kier molecular flexibility index (Phi) is 5.93. The van der Waals surface area contributed by atoms with Crippen LogP contribution >= 0.6 is 0 Å². The van der Waals surface area contributed by atoms with E-state index in [1.54, 1.807) is 24.1 Å². The zero-order valence-corrected chi connectivity index (χ0v) is 22.7.